The number of halogens is 4. The van der Waals surface area contributed by atoms with Crippen LogP contribution in [0.3, 0.4) is 0 Å². The van der Waals surface area contributed by atoms with Gasteiger partial charge in [-0.25, -0.2) is 13.1 Å². The molecule has 1 heterocycles. The number of rotatable bonds is 4. The van der Waals surface area contributed by atoms with E-state index in [2.05, 4.69) is 14.9 Å². The van der Waals surface area contributed by atoms with Crippen LogP contribution in [-0.2, 0) is 15.6 Å². The van der Waals surface area contributed by atoms with E-state index in [9.17, 15) is 26.7 Å². The molecule has 26 heavy (non-hydrogen) atoms. The molecule has 142 valence electrons. The molecule has 0 aliphatic heterocycles. The van der Waals surface area contributed by atoms with Gasteiger partial charge in [0.1, 0.15) is 0 Å². The lowest BCUT2D eigenvalue weighted by molar-refractivity contribution is -0.106. The number of alkyl halides is 3. The number of nitrogens with zero attached hydrogens (tertiary/aromatic N) is 1. The first-order valence-electron chi connectivity index (χ1n) is 7.90. The Hall–Kier alpha value is -1.36. The molecule has 0 spiro atoms. The molecule has 2 aromatic rings. The van der Waals surface area contributed by atoms with Crippen LogP contribution in [-0.4, -0.2) is 41.7 Å². The molecule has 6 nitrogen and oxygen atoms in total. The Kier molecular flexibility index (Phi) is 3.86. The second-order valence-electron chi connectivity index (χ2n) is 7.07. The van der Waals surface area contributed by atoms with Crippen LogP contribution in [0.5, 0.6) is 0 Å². The van der Waals surface area contributed by atoms with Crippen LogP contribution in [0.2, 0.25) is 5.02 Å². The van der Waals surface area contributed by atoms with Crippen molar-refractivity contribution in [1.82, 2.24) is 14.9 Å². The van der Waals surface area contributed by atoms with Crippen molar-refractivity contribution in [2.45, 2.75) is 30.7 Å². The van der Waals surface area contributed by atoms with Crippen LogP contribution < -0.4 is 4.72 Å². The minimum atomic E-state index is -4.79. The summed E-state index contributed by atoms with van der Waals surface area (Å²) in [6, 6.07) is 2.76. The number of fused-ring (bicyclic) bond motifs is 2. The monoisotopic (exact) mass is 409 g/mol. The second kappa shape index (κ2) is 5.57. The lowest BCUT2D eigenvalue weighted by atomic mass is 9.86. The normalized spacial score (nSPS) is 31.3. The first-order chi connectivity index (χ1) is 12.0. The predicted molar refractivity (Wildman–Crippen MR) is 88.0 cm³/mol. The highest BCUT2D eigenvalue weighted by molar-refractivity contribution is 7.89. The number of aromatic amines is 1. The molecule has 2 aliphatic carbocycles. The molecule has 2 saturated carbocycles. The van der Waals surface area contributed by atoms with E-state index in [1.807, 2.05) is 0 Å². The van der Waals surface area contributed by atoms with Crippen LogP contribution in [0.15, 0.2) is 18.3 Å². The van der Waals surface area contributed by atoms with Gasteiger partial charge in [-0.3, -0.25) is 5.10 Å². The quantitative estimate of drug-likeness (QED) is 0.722. The van der Waals surface area contributed by atoms with E-state index in [1.165, 1.54) is 0 Å². The molecule has 0 saturated heterocycles. The predicted octanol–water partition coefficient (Wildman–Crippen LogP) is 2.29. The van der Waals surface area contributed by atoms with Crippen molar-refractivity contribution < 1.29 is 26.7 Å². The summed E-state index contributed by atoms with van der Waals surface area (Å²) in [5.74, 6) is -2.31. The molecule has 2 fully saturated rings. The topological polar surface area (TPSA) is 95.1 Å². The summed E-state index contributed by atoms with van der Waals surface area (Å²) in [4.78, 5) is 0. The average molecular weight is 410 g/mol. The van der Waals surface area contributed by atoms with Crippen molar-refractivity contribution in [3.63, 3.8) is 0 Å². The van der Waals surface area contributed by atoms with Crippen molar-refractivity contribution in [2.75, 3.05) is 5.75 Å². The number of aliphatic hydroxyl groups is 1. The summed E-state index contributed by atoms with van der Waals surface area (Å²) in [5, 5.41) is 18.9. The molecule has 0 unspecified atom stereocenters. The lowest BCUT2D eigenvalue weighted by Gasteiger charge is -2.27. The number of hydrogen-bond donors (Lipinski definition) is 3. The average Bonchev–Trinajstić information content (AvgIpc) is 2.89. The van der Waals surface area contributed by atoms with Gasteiger partial charge >= 0.3 is 6.18 Å². The van der Waals surface area contributed by atoms with E-state index in [0.717, 1.165) is 0 Å². The summed E-state index contributed by atoms with van der Waals surface area (Å²) in [6.45, 7) is 0. The van der Waals surface area contributed by atoms with Crippen LogP contribution in [0.25, 0.3) is 10.9 Å². The van der Waals surface area contributed by atoms with E-state index >= 15 is 0 Å². The smallest absolute Gasteiger partial charge is 0.385 e. The molecule has 0 radical (unpaired) electrons. The summed E-state index contributed by atoms with van der Waals surface area (Å²) in [7, 11) is -4.45. The molecular formula is C15H15ClF3N3O3S. The zero-order valence-electron chi connectivity index (χ0n) is 13.2. The summed E-state index contributed by atoms with van der Waals surface area (Å²) >= 11 is 6.09. The Bertz CT molecular complexity index is 963. The molecule has 1 aromatic heterocycles. The number of nitrogens with one attached hydrogen (secondary N) is 2. The lowest BCUT2D eigenvalue weighted by Crippen LogP contribution is -2.38. The molecule has 0 amide bonds. The van der Waals surface area contributed by atoms with Gasteiger partial charge in [-0.1, -0.05) is 11.6 Å². The van der Waals surface area contributed by atoms with E-state index in [4.69, 9.17) is 11.6 Å². The van der Waals surface area contributed by atoms with Crippen molar-refractivity contribution in [3.05, 3.63) is 28.9 Å². The molecule has 11 heteroatoms. The van der Waals surface area contributed by atoms with Crippen molar-refractivity contribution in [2.24, 2.45) is 11.8 Å². The minimum Gasteiger partial charge on any atom is -0.385 e. The maximum Gasteiger partial charge on any atom is 0.404 e. The first-order valence-corrected chi connectivity index (χ1v) is 9.93. The zero-order valence-corrected chi connectivity index (χ0v) is 14.8. The Balaban J connectivity index is 1.51. The largest absolute Gasteiger partial charge is 0.404 e. The maximum atomic E-state index is 12.3. The van der Waals surface area contributed by atoms with Gasteiger partial charge in [0.05, 0.1) is 17.3 Å². The highest BCUT2D eigenvalue weighted by atomic mass is 35.5. The van der Waals surface area contributed by atoms with Gasteiger partial charge in [0.25, 0.3) is 0 Å². The van der Waals surface area contributed by atoms with E-state index in [0.29, 0.717) is 21.5 Å². The van der Waals surface area contributed by atoms with Crippen molar-refractivity contribution >= 4 is 32.5 Å². The van der Waals surface area contributed by atoms with Gasteiger partial charge < -0.3 is 5.11 Å². The fourth-order valence-electron chi connectivity index (χ4n) is 4.13. The van der Waals surface area contributed by atoms with Crippen LogP contribution in [0.4, 0.5) is 13.2 Å². The molecule has 4 rings (SSSR count). The van der Waals surface area contributed by atoms with Gasteiger partial charge in [-0.15, -0.1) is 0 Å². The third-order valence-electron chi connectivity index (χ3n) is 5.17. The SMILES string of the molecule is O=S(=O)(CC(F)(F)F)N[C@@H]1[C@@H]2C[C@@](O)(c3cc(Cl)cc4[nH]ncc34)C[C@@H]21. The number of sulfonamides is 1. The Morgan fingerprint density at radius 2 is 2.00 bits per heavy atom. The maximum absolute atomic E-state index is 12.3. The molecule has 1 aromatic carbocycles. The standard InChI is InChI=1S/C15H15ClF3N3O3S/c16-7-1-11(10-5-20-21-12(10)2-7)14(23)3-8-9(4-14)13(8)22-26(24,25)6-15(17,18)19/h1-2,5,8-9,13,22-23H,3-4,6H2,(H,20,21)/t8-,9+,13-,14+. The fraction of sp³-hybridized carbons (Fsp3) is 0.533. The van der Waals surface area contributed by atoms with E-state index < -0.39 is 33.6 Å². The second-order valence-corrected chi connectivity index (χ2v) is 9.26. The Morgan fingerprint density at radius 3 is 2.62 bits per heavy atom. The van der Waals surface area contributed by atoms with Crippen LogP contribution >= 0.6 is 11.6 Å². The summed E-state index contributed by atoms with van der Waals surface area (Å²) in [6.07, 6.45) is -2.72. The van der Waals surface area contributed by atoms with Gasteiger partial charge in [-0.05, 0) is 42.4 Å². The zero-order chi connectivity index (χ0) is 18.9. The number of hydrogen-bond acceptors (Lipinski definition) is 4. The Labute approximate surface area is 151 Å². The Morgan fingerprint density at radius 1 is 1.35 bits per heavy atom. The van der Waals surface area contributed by atoms with Crippen LogP contribution in [0.1, 0.15) is 18.4 Å². The summed E-state index contributed by atoms with van der Waals surface area (Å²) < 4.78 is 62.4. The number of aromatic nitrogens is 2. The van der Waals surface area contributed by atoms with Gasteiger partial charge in [0.15, 0.2) is 5.75 Å². The van der Waals surface area contributed by atoms with Gasteiger partial charge in [0.2, 0.25) is 10.0 Å². The molecule has 2 aliphatic rings. The summed E-state index contributed by atoms with van der Waals surface area (Å²) in [5.41, 5.74) is 0.0516. The van der Waals surface area contributed by atoms with E-state index in [1.54, 1.807) is 18.3 Å². The molecule has 0 bridgehead atoms. The van der Waals surface area contributed by atoms with Crippen molar-refractivity contribution in [1.29, 1.82) is 0 Å². The molecule has 4 atom stereocenters. The fourth-order valence-corrected chi connectivity index (χ4v) is 5.62. The number of benzene rings is 1. The highest BCUT2D eigenvalue weighted by Crippen LogP contribution is 2.60. The minimum absolute atomic E-state index is 0.205. The highest BCUT2D eigenvalue weighted by Gasteiger charge is 2.63. The first kappa shape index (κ1) is 18.0. The number of H-pyrrole nitrogens is 1. The van der Waals surface area contributed by atoms with Gasteiger partial charge in [0, 0.05) is 16.5 Å². The van der Waals surface area contributed by atoms with Gasteiger partial charge in [-0.2, -0.15) is 18.3 Å². The van der Waals surface area contributed by atoms with Crippen molar-refractivity contribution in [3.8, 4) is 0 Å². The third-order valence-corrected chi connectivity index (χ3v) is 6.73. The third kappa shape index (κ3) is 3.19. The van der Waals surface area contributed by atoms with Crippen LogP contribution in [0, 0.1) is 11.8 Å². The molecule has 3 N–H and O–H groups in total. The van der Waals surface area contributed by atoms with E-state index in [-0.39, 0.29) is 24.7 Å². The molecular weight excluding hydrogens is 395 g/mol.